The van der Waals surface area contributed by atoms with Crippen LogP contribution in [0.1, 0.15) is 26.6 Å². The maximum absolute atomic E-state index is 12.0. The Morgan fingerprint density at radius 1 is 1.19 bits per heavy atom. The van der Waals surface area contributed by atoms with E-state index in [0.29, 0.717) is 32.0 Å². The smallest absolute Gasteiger partial charge is 0.410 e. The van der Waals surface area contributed by atoms with Crippen molar-refractivity contribution in [3.63, 3.8) is 0 Å². The van der Waals surface area contributed by atoms with Gasteiger partial charge in [-0.3, -0.25) is 4.79 Å². The predicted molar refractivity (Wildman–Crippen MR) is 72.3 cm³/mol. The van der Waals surface area contributed by atoms with Crippen molar-refractivity contribution < 1.29 is 14.3 Å². The largest absolute Gasteiger partial charge is 0.444 e. The minimum atomic E-state index is -0.511. The van der Waals surface area contributed by atoms with E-state index in [4.69, 9.17) is 4.74 Å². The van der Waals surface area contributed by atoms with E-state index in [1.807, 2.05) is 20.8 Å². The number of carbonyl (C=O) groups is 2. The summed E-state index contributed by atoms with van der Waals surface area (Å²) in [5.74, 6) is 0.301. The maximum Gasteiger partial charge on any atom is 0.410 e. The lowest BCUT2D eigenvalue weighted by atomic mass is 10.2. The monoisotopic (exact) mass is 296 g/mol. The van der Waals surface area contributed by atoms with E-state index in [1.165, 1.54) is 0 Å². The molecule has 0 saturated carbocycles. The van der Waals surface area contributed by atoms with Crippen LogP contribution in [0.5, 0.6) is 0 Å². The number of H-pyrrole nitrogens is 1. The maximum atomic E-state index is 12.0. The van der Waals surface area contributed by atoms with Crippen LogP contribution in [0, 0.1) is 0 Å². The van der Waals surface area contributed by atoms with Gasteiger partial charge in [0.05, 0.1) is 6.42 Å². The molecule has 1 aliphatic rings. The highest BCUT2D eigenvalue weighted by atomic mass is 16.6. The standard InChI is InChI=1S/C12H20N6O3/c1-12(2,3)21-11(20)18-6-4-17(5-7-18)10(19)8-9-13-15-16-14-9/h4-8H2,1-3H3,(H,13,14,15,16). The molecular weight excluding hydrogens is 276 g/mol. The van der Waals surface area contributed by atoms with Gasteiger partial charge in [0.15, 0.2) is 5.82 Å². The number of piperazine rings is 1. The molecule has 1 aromatic rings. The van der Waals surface area contributed by atoms with Gasteiger partial charge in [0.25, 0.3) is 0 Å². The van der Waals surface area contributed by atoms with E-state index in [1.54, 1.807) is 9.80 Å². The minimum Gasteiger partial charge on any atom is -0.444 e. The first kappa shape index (κ1) is 15.2. The van der Waals surface area contributed by atoms with Crippen molar-refractivity contribution in [2.75, 3.05) is 26.2 Å². The summed E-state index contributed by atoms with van der Waals surface area (Å²) in [5, 5.41) is 13.2. The molecule has 0 aromatic carbocycles. The fraction of sp³-hybridized carbons (Fsp3) is 0.750. The highest BCUT2D eigenvalue weighted by Crippen LogP contribution is 2.12. The lowest BCUT2D eigenvalue weighted by Crippen LogP contribution is -2.52. The number of aromatic amines is 1. The highest BCUT2D eigenvalue weighted by Gasteiger charge is 2.27. The molecule has 2 amide bonds. The number of nitrogens with one attached hydrogen (secondary N) is 1. The van der Waals surface area contributed by atoms with Gasteiger partial charge in [0.1, 0.15) is 5.60 Å². The van der Waals surface area contributed by atoms with Gasteiger partial charge in [-0.1, -0.05) is 5.21 Å². The second kappa shape index (κ2) is 6.06. The summed E-state index contributed by atoms with van der Waals surface area (Å²) >= 11 is 0. The average molecular weight is 296 g/mol. The molecule has 1 aliphatic heterocycles. The molecule has 0 bridgehead atoms. The Bertz CT molecular complexity index is 488. The van der Waals surface area contributed by atoms with E-state index < -0.39 is 5.60 Å². The molecule has 2 heterocycles. The molecule has 0 spiro atoms. The van der Waals surface area contributed by atoms with Crippen LogP contribution >= 0.6 is 0 Å². The first-order valence-corrected chi connectivity index (χ1v) is 6.83. The molecule has 1 fully saturated rings. The lowest BCUT2D eigenvalue weighted by Gasteiger charge is -2.35. The fourth-order valence-corrected chi connectivity index (χ4v) is 1.97. The van der Waals surface area contributed by atoms with Gasteiger partial charge in [-0.05, 0) is 20.8 Å². The van der Waals surface area contributed by atoms with Crippen LogP contribution in [0.3, 0.4) is 0 Å². The Morgan fingerprint density at radius 3 is 2.33 bits per heavy atom. The number of hydrogen-bond donors (Lipinski definition) is 1. The third-order valence-electron chi connectivity index (χ3n) is 2.98. The van der Waals surface area contributed by atoms with Gasteiger partial charge in [-0.25, -0.2) is 4.79 Å². The molecule has 0 unspecified atom stereocenters. The van der Waals surface area contributed by atoms with Crippen molar-refractivity contribution in [3.8, 4) is 0 Å². The zero-order valence-electron chi connectivity index (χ0n) is 12.5. The van der Waals surface area contributed by atoms with Crippen molar-refractivity contribution in [3.05, 3.63) is 5.82 Å². The van der Waals surface area contributed by atoms with Crippen molar-refractivity contribution in [1.82, 2.24) is 30.4 Å². The summed E-state index contributed by atoms with van der Waals surface area (Å²) in [6.07, 6.45) is -0.226. The quantitative estimate of drug-likeness (QED) is 0.812. The van der Waals surface area contributed by atoms with Crippen LogP contribution in [0.4, 0.5) is 4.79 Å². The van der Waals surface area contributed by atoms with Crippen molar-refractivity contribution in [2.24, 2.45) is 0 Å². The average Bonchev–Trinajstić information content (AvgIpc) is 2.90. The van der Waals surface area contributed by atoms with Crippen LogP contribution in [-0.2, 0) is 16.0 Å². The molecule has 0 aliphatic carbocycles. The van der Waals surface area contributed by atoms with E-state index in [0.717, 1.165) is 0 Å². The zero-order valence-corrected chi connectivity index (χ0v) is 12.5. The van der Waals surface area contributed by atoms with E-state index in [-0.39, 0.29) is 18.4 Å². The zero-order chi connectivity index (χ0) is 15.5. The molecular formula is C12H20N6O3. The number of ether oxygens (including phenoxy) is 1. The van der Waals surface area contributed by atoms with Crippen LogP contribution in [0.15, 0.2) is 0 Å². The predicted octanol–water partition coefficient (Wildman–Crippen LogP) is -0.178. The van der Waals surface area contributed by atoms with Gasteiger partial charge in [0.2, 0.25) is 5.91 Å². The normalized spacial score (nSPS) is 16.0. The van der Waals surface area contributed by atoms with Gasteiger partial charge in [-0.2, -0.15) is 5.21 Å². The van der Waals surface area contributed by atoms with Gasteiger partial charge in [0, 0.05) is 26.2 Å². The number of tetrazole rings is 1. The molecule has 116 valence electrons. The number of amides is 2. The summed E-state index contributed by atoms with van der Waals surface area (Å²) in [6, 6.07) is 0. The fourth-order valence-electron chi connectivity index (χ4n) is 1.97. The Balaban J connectivity index is 1.80. The SMILES string of the molecule is CC(C)(C)OC(=O)N1CCN(C(=O)Cc2nn[nH]n2)CC1. The van der Waals surface area contributed by atoms with Crippen LogP contribution in [-0.4, -0.2) is 74.2 Å². The van der Waals surface area contributed by atoms with Gasteiger partial charge >= 0.3 is 6.09 Å². The summed E-state index contributed by atoms with van der Waals surface area (Å²) in [7, 11) is 0. The second-order valence-electron chi connectivity index (χ2n) is 5.85. The Morgan fingerprint density at radius 2 is 1.81 bits per heavy atom. The van der Waals surface area contributed by atoms with Crippen molar-refractivity contribution in [2.45, 2.75) is 32.8 Å². The molecule has 21 heavy (non-hydrogen) atoms. The summed E-state index contributed by atoms with van der Waals surface area (Å²) in [5.41, 5.74) is -0.511. The molecule has 1 N–H and O–H groups in total. The molecule has 9 heteroatoms. The van der Waals surface area contributed by atoms with E-state index in [9.17, 15) is 9.59 Å². The molecule has 0 radical (unpaired) electrons. The lowest BCUT2D eigenvalue weighted by molar-refractivity contribution is -0.132. The van der Waals surface area contributed by atoms with Gasteiger partial charge < -0.3 is 14.5 Å². The summed E-state index contributed by atoms with van der Waals surface area (Å²) in [6.45, 7) is 7.38. The second-order valence-corrected chi connectivity index (χ2v) is 5.85. The first-order chi connectivity index (χ1) is 9.85. The Kier molecular flexibility index (Phi) is 4.39. The molecule has 2 rings (SSSR count). The number of carbonyl (C=O) groups excluding carboxylic acids is 2. The third kappa shape index (κ3) is 4.40. The van der Waals surface area contributed by atoms with Crippen molar-refractivity contribution >= 4 is 12.0 Å². The Labute approximate surface area is 122 Å². The van der Waals surface area contributed by atoms with Crippen LogP contribution in [0.25, 0.3) is 0 Å². The topological polar surface area (TPSA) is 104 Å². The van der Waals surface area contributed by atoms with Crippen molar-refractivity contribution in [1.29, 1.82) is 0 Å². The molecule has 9 nitrogen and oxygen atoms in total. The van der Waals surface area contributed by atoms with E-state index >= 15 is 0 Å². The minimum absolute atomic E-state index is 0.0692. The number of rotatable bonds is 2. The van der Waals surface area contributed by atoms with Crippen LogP contribution in [0.2, 0.25) is 0 Å². The van der Waals surface area contributed by atoms with Crippen LogP contribution < -0.4 is 0 Å². The first-order valence-electron chi connectivity index (χ1n) is 6.83. The number of hydrogen-bond acceptors (Lipinski definition) is 6. The Hall–Kier alpha value is -2.19. The number of aromatic nitrogens is 4. The number of nitrogens with zero attached hydrogens (tertiary/aromatic N) is 5. The highest BCUT2D eigenvalue weighted by molar-refractivity contribution is 5.78. The van der Waals surface area contributed by atoms with E-state index in [2.05, 4.69) is 20.6 Å². The molecule has 1 saturated heterocycles. The summed E-state index contributed by atoms with van der Waals surface area (Å²) < 4.78 is 5.31. The summed E-state index contributed by atoms with van der Waals surface area (Å²) in [4.78, 5) is 27.3. The molecule has 1 aromatic heterocycles. The molecule has 0 atom stereocenters. The van der Waals surface area contributed by atoms with Gasteiger partial charge in [-0.15, -0.1) is 10.2 Å². The third-order valence-corrected chi connectivity index (χ3v) is 2.98.